The SMILES string of the molecule is CN(C(=O)c1cc(-c2ccccc2Cl)nc2ccccc12)C1CCCC1. The third-order valence-electron chi connectivity index (χ3n) is 5.29. The average Bonchev–Trinajstić information content (AvgIpc) is 3.21. The Balaban J connectivity index is 1.85. The Labute approximate surface area is 158 Å². The highest BCUT2D eigenvalue weighted by atomic mass is 35.5. The van der Waals surface area contributed by atoms with Gasteiger partial charge in [-0.15, -0.1) is 0 Å². The van der Waals surface area contributed by atoms with Crippen molar-refractivity contribution in [2.45, 2.75) is 31.7 Å². The lowest BCUT2D eigenvalue weighted by molar-refractivity contribution is 0.0737. The van der Waals surface area contributed by atoms with E-state index in [1.165, 1.54) is 12.8 Å². The number of hydrogen-bond acceptors (Lipinski definition) is 2. The zero-order chi connectivity index (χ0) is 18.1. The molecule has 1 saturated carbocycles. The summed E-state index contributed by atoms with van der Waals surface area (Å²) in [5, 5.41) is 1.52. The van der Waals surface area contributed by atoms with Crippen molar-refractivity contribution < 1.29 is 4.79 Å². The Morgan fingerprint density at radius 3 is 2.54 bits per heavy atom. The molecule has 1 aliphatic carbocycles. The maximum Gasteiger partial charge on any atom is 0.254 e. The van der Waals surface area contributed by atoms with Gasteiger partial charge in [-0.3, -0.25) is 4.79 Å². The van der Waals surface area contributed by atoms with Crippen molar-refractivity contribution in [2.75, 3.05) is 7.05 Å². The van der Waals surface area contributed by atoms with Crippen LogP contribution in [0.2, 0.25) is 5.02 Å². The molecule has 1 aliphatic rings. The third-order valence-corrected chi connectivity index (χ3v) is 5.62. The van der Waals surface area contributed by atoms with Gasteiger partial charge in [0.2, 0.25) is 0 Å². The van der Waals surface area contributed by atoms with Gasteiger partial charge < -0.3 is 4.90 Å². The van der Waals surface area contributed by atoms with Crippen LogP contribution in [0, 0.1) is 0 Å². The minimum atomic E-state index is 0.0591. The molecular formula is C22H21ClN2O. The van der Waals surface area contributed by atoms with Gasteiger partial charge in [0.05, 0.1) is 16.8 Å². The topological polar surface area (TPSA) is 33.2 Å². The lowest BCUT2D eigenvalue weighted by Crippen LogP contribution is -2.35. The molecule has 1 fully saturated rings. The van der Waals surface area contributed by atoms with Crippen molar-refractivity contribution in [1.82, 2.24) is 9.88 Å². The lowest BCUT2D eigenvalue weighted by Gasteiger charge is -2.25. The minimum Gasteiger partial charge on any atom is -0.339 e. The Morgan fingerprint density at radius 2 is 1.77 bits per heavy atom. The highest BCUT2D eigenvalue weighted by molar-refractivity contribution is 6.33. The second kappa shape index (κ2) is 7.08. The first-order valence-electron chi connectivity index (χ1n) is 9.07. The first kappa shape index (κ1) is 17.0. The summed E-state index contributed by atoms with van der Waals surface area (Å²) in [6, 6.07) is 17.6. The highest BCUT2D eigenvalue weighted by Gasteiger charge is 2.26. The quantitative estimate of drug-likeness (QED) is 0.608. The van der Waals surface area contributed by atoms with Gasteiger partial charge in [-0.25, -0.2) is 4.98 Å². The fourth-order valence-corrected chi connectivity index (χ4v) is 4.04. The van der Waals surface area contributed by atoms with Gasteiger partial charge in [-0.1, -0.05) is 60.8 Å². The first-order valence-corrected chi connectivity index (χ1v) is 9.45. The monoisotopic (exact) mass is 364 g/mol. The van der Waals surface area contributed by atoms with Crippen LogP contribution < -0.4 is 0 Å². The van der Waals surface area contributed by atoms with E-state index in [0.717, 1.165) is 35.0 Å². The number of para-hydroxylation sites is 1. The van der Waals surface area contributed by atoms with Crippen LogP contribution in [0.1, 0.15) is 36.0 Å². The van der Waals surface area contributed by atoms with Gasteiger partial charge in [-0.2, -0.15) is 0 Å². The summed E-state index contributed by atoms with van der Waals surface area (Å²) in [6.07, 6.45) is 4.57. The summed E-state index contributed by atoms with van der Waals surface area (Å²) >= 11 is 6.37. The molecule has 0 aliphatic heterocycles. The summed E-state index contributed by atoms with van der Waals surface area (Å²) < 4.78 is 0. The lowest BCUT2D eigenvalue weighted by atomic mass is 10.0. The molecule has 2 aromatic carbocycles. The van der Waals surface area contributed by atoms with Gasteiger partial charge in [-0.05, 0) is 31.0 Å². The summed E-state index contributed by atoms with van der Waals surface area (Å²) in [7, 11) is 1.92. The molecule has 0 spiro atoms. The van der Waals surface area contributed by atoms with Gasteiger partial charge in [0.25, 0.3) is 5.91 Å². The number of pyridine rings is 1. The summed E-state index contributed by atoms with van der Waals surface area (Å²) in [4.78, 5) is 19.9. The van der Waals surface area contributed by atoms with E-state index in [2.05, 4.69) is 0 Å². The Morgan fingerprint density at radius 1 is 1.08 bits per heavy atom. The second-order valence-electron chi connectivity index (χ2n) is 6.91. The van der Waals surface area contributed by atoms with Crippen LogP contribution in [-0.2, 0) is 0 Å². The Hall–Kier alpha value is -2.39. The van der Waals surface area contributed by atoms with E-state index < -0.39 is 0 Å². The maximum atomic E-state index is 13.3. The Kier molecular flexibility index (Phi) is 4.64. The van der Waals surface area contributed by atoms with Gasteiger partial charge in [0.1, 0.15) is 0 Å². The van der Waals surface area contributed by atoms with E-state index in [-0.39, 0.29) is 5.91 Å². The zero-order valence-corrected chi connectivity index (χ0v) is 15.5. The highest BCUT2D eigenvalue weighted by Crippen LogP contribution is 2.31. The summed E-state index contributed by atoms with van der Waals surface area (Å²) in [5.41, 5.74) is 3.09. The zero-order valence-electron chi connectivity index (χ0n) is 14.8. The number of halogens is 1. The molecule has 0 saturated heterocycles. The van der Waals surface area contributed by atoms with Crippen molar-refractivity contribution >= 4 is 28.4 Å². The van der Waals surface area contributed by atoms with E-state index >= 15 is 0 Å². The maximum absolute atomic E-state index is 13.3. The van der Waals surface area contributed by atoms with Gasteiger partial charge in [0, 0.05) is 29.1 Å². The van der Waals surface area contributed by atoms with Crippen molar-refractivity contribution in [1.29, 1.82) is 0 Å². The number of aromatic nitrogens is 1. The number of amides is 1. The van der Waals surface area contributed by atoms with Crippen LogP contribution >= 0.6 is 11.6 Å². The standard InChI is InChI=1S/C22H21ClN2O/c1-25(15-8-2-3-9-15)22(26)18-14-21(17-11-4-6-12-19(17)23)24-20-13-7-5-10-16(18)20/h4-7,10-15H,2-3,8-9H2,1H3. The summed E-state index contributed by atoms with van der Waals surface area (Å²) in [6.45, 7) is 0. The summed E-state index contributed by atoms with van der Waals surface area (Å²) in [5.74, 6) is 0.0591. The molecular weight excluding hydrogens is 344 g/mol. The largest absolute Gasteiger partial charge is 0.339 e. The number of rotatable bonds is 3. The van der Waals surface area contributed by atoms with Crippen LogP contribution in [0.5, 0.6) is 0 Å². The molecule has 0 radical (unpaired) electrons. The second-order valence-corrected chi connectivity index (χ2v) is 7.31. The number of hydrogen-bond donors (Lipinski definition) is 0. The van der Waals surface area contributed by atoms with Gasteiger partial charge in [0.15, 0.2) is 0 Å². The molecule has 0 unspecified atom stereocenters. The van der Waals surface area contributed by atoms with E-state index in [1.54, 1.807) is 0 Å². The van der Waals surface area contributed by atoms with Crippen molar-refractivity contribution in [3.8, 4) is 11.3 Å². The smallest absolute Gasteiger partial charge is 0.254 e. The predicted octanol–water partition coefficient (Wildman–Crippen LogP) is 5.57. The van der Waals surface area contributed by atoms with Crippen LogP contribution in [0.3, 0.4) is 0 Å². The minimum absolute atomic E-state index is 0.0591. The number of benzene rings is 2. The fraction of sp³-hybridized carbons (Fsp3) is 0.273. The molecule has 4 heteroatoms. The predicted molar refractivity (Wildman–Crippen MR) is 107 cm³/mol. The average molecular weight is 365 g/mol. The molecule has 0 atom stereocenters. The van der Waals surface area contributed by atoms with Crippen LogP contribution in [-0.4, -0.2) is 28.9 Å². The molecule has 132 valence electrons. The van der Waals surface area contributed by atoms with Gasteiger partial charge >= 0.3 is 0 Å². The first-order chi connectivity index (χ1) is 12.6. The fourth-order valence-electron chi connectivity index (χ4n) is 3.81. The van der Waals surface area contributed by atoms with Crippen molar-refractivity contribution in [3.05, 3.63) is 65.2 Å². The van der Waals surface area contributed by atoms with Crippen LogP contribution in [0.4, 0.5) is 0 Å². The molecule has 0 N–H and O–H groups in total. The number of carbonyl (C=O) groups is 1. The number of fused-ring (bicyclic) bond motifs is 1. The van der Waals surface area contributed by atoms with Crippen molar-refractivity contribution in [2.24, 2.45) is 0 Å². The molecule has 26 heavy (non-hydrogen) atoms. The molecule has 0 bridgehead atoms. The Bertz CT molecular complexity index is 963. The van der Waals surface area contributed by atoms with Crippen LogP contribution in [0.25, 0.3) is 22.2 Å². The molecule has 1 heterocycles. The van der Waals surface area contributed by atoms with E-state index in [1.807, 2.05) is 66.5 Å². The van der Waals surface area contributed by atoms with E-state index in [9.17, 15) is 4.79 Å². The molecule has 3 nitrogen and oxygen atoms in total. The molecule has 4 rings (SSSR count). The molecule has 1 amide bonds. The third kappa shape index (κ3) is 3.08. The molecule has 3 aromatic rings. The van der Waals surface area contributed by atoms with Crippen molar-refractivity contribution in [3.63, 3.8) is 0 Å². The number of nitrogens with zero attached hydrogens (tertiary/aromatic N) is 2. The van der Waals surface area contributed by atoms with E-state index in [4.69, 9.17) is 16.6 Å². The molecule has 1 aromatic heterocycles. The van der Waals surface area contributed by atoms with Crippen LogP contribution in [0.15, 0.2) is 54.6 Å². The van der Waals surface area contributed by atoms with E-state index in [0.29, 0.717) is 16.6 Å². The normalized spacial score (nSPS) is 14.7. The number of carbonyl (C=O) groups excluding carboxylic acids is 1.